The van der Waals surface area contributed by atoms with Gasteiger partial charge in [-0.05, 0) is 43.5 Å². The minimum atomic E-state index is 0.667. The summed E-state index contributed by atoms with van der Waals surface area (Å²) in [5.41, 5.74) is 10.5. The number of aryl methyl sites for hydroxylation is 2. The second-order valence-electron chi connectivity index (χ2n) is 4.41. The van der Waals surface area contributed by atoms with Gasteiger partial charge >= 0.3 is 0 Å². The molecule has 3 heteroatoms. The van der Waals surface area contributed by atoms with Gasteiger partial charge in [0.25, 0.3) is 0 Å². The molecule has 0 radical (unpaired) electrons. The molecule has 1 heterocycles. The summed E-state index contributed by atoms with van der Waals surface area (Å²) in [6.45, 7) is 4.97. The molecule has 0 unspecified atom stereocenters. The van der Waals surface area contributed by atoms with Crippen LogP contribution in [-0.2, 0) is 19.3 Å². The van der Waals surface area contributed by atoms with Crippen molar-refractivity contribution in [2.75, 3.05) is 6.54 Å². The predicted molar refractivity (Wildman–Crippen MR) is 75.1 cm³/mol. The van der Waals surface area contributed by atoms with E-state index in [1.165, 1.54) is 16.9 Å². The molecule has 1 aromatic carbocycles. The zero-order chi connectivity index (χ0) is 13.0. The Kier molecular flexibility index (Phi) is 4.15. The molecule has 1 aromatic heterocycles. The number of para-hydroxylation sites is 1. The Morgan fingerprint density at radius 1 is 1.17 bits per heavy atom. The summed E-state index contributed by atoms with van der Waals surface area (Å²) in [6.07, 6.45) is 2.85. The van der Waals surface area contributed by atoms with Crippen LogP contribution in [0.15, 0.2) is 30.3 Å². The zero-order valence-corrected chi connectivity index (χ0v) is 11.2. The van der Waals surface area contributed by atoms with Gasteiger partial charge in [-0.3, -0.25) is 0 Å². The van der Waals surface area contributed by atoms with Crippen LogP contribution < -0.4 is 5.73 Å². The van der Waals surface area contributed by atoms with Crippen LogP contribution in [0, 0.1) is 0 Å². The zero-order valence-electron chi connectivity index (χ0n) is 11.2. The highest BCUT2D eigenvalue weighted by atomic mass is 15.3. The van der Waals surface area contributed by atoms with Gasteiger partial charge in [0, 0.05) is 5.69 Å². The van der Waals surface area contributed by atoms with Crippen molar-refractivity contribution in [1.82, 2.24) is 9.78 Å². The van der Waals surface area contributed by atoms with Crippen molar-refractivity contribution in [1.29, 1.82) is 0 Å². The molecule has 0 amide bonds. The molecule has 0 atom stereocenters. The lowest BCUT2D eigenvalue weighted by Gasteiger charge is -2.11. The molecule has 0 aliphatic carbocycles. The van der Waals surface area contributed by atoms with Gasteiger partial charge in [0.15, 0.2) is 0 Å². The lowest BCUT2D eigenvalue weighted by Crippen LogP contribution is -2.09. The van der Waals surface area contributed by atoms with Gasteiger partial charge in [0.2, 0.25) is 0 Å². The van der Waals surface area contributed by atoms with Crippen LogP contribution in [0.3, 0.4) is 0 Å². The van der Waals surface area contributed by atoms with Gasteiger partial charge in [-0.15, -0.1) is 0 Å². The molecule has 3 nitrogen and oxygen atoms in total. The average molecular weight is 243 g/mol. The van der Waals surface area contributed by atoms with E-state index in [2.05, 4.69) is 54.0 Å². The summed E-state index contributed by atoms with van der Waals surface area (Å²) < 4.78 is 2.07. The minimum Gasteiger partial charge on any atom is -0.330 e. The van der Waals surface area contributed by atoms with Crippen molar-refractivity contribution in [3.05, 3.63) is 47.3 Å². The smallest absolute Gasteiger partial charge is 0.0681 e. The number of hydrogen-bond donors (Lipinski definition) is 1. The topological polar surface area (TPSA) is 43.8 Å². The Hall–Kier alpha value is -1.61. The van der Waals surface area contributed by atoms with Crippen molar-refractivity contribution >= 4 is 0 Å². The number of hydrogen-bond acceptors (Lipinski definition) is 2. The number of aromatic nitrogens is 2. The molecule has 0 aliphatic heterocycles. The normalized spacial score (nSPS) is 10.8. The largest absolute Gasteiger partial charge is 0.330 e. The molecule has 0 saturated carbocycles. The molecule has 0 aliphatic rings. The van der Waals surface area contributed by atoms with Crippen molar-refractivity contribution in [2.45, 2.75) is 33.1 Å². The fourth-order valence-corrected chi connectivity index (χ4v) is 2.19. The van der Waals surface area contributed by atoms with Gasteiger partial charge < -0.3 is 5.73 Å². The Morgan fingerprint density at radius 3 is 2.61 bits per heavy atom. The van der Waals surface area contributed by atoms with Crippen molar-refractivity contribution < 1.29 is 0 Å². The highest BCUT2D eigenvalue weighted by Gasteiger charge is 2.10. The first-order valence-electron chi connectivity index (χ1n) is 6.66. The first kappa shape index (κ1) is 12.8. The Labute approximate surface area is 109 Å². The molecule has 0 bridgehead atoms. The van der Waals surface area contributed by atoms with E-state index in [0.29, 0.717) is 6.54 Å². The van der Waals surface area contributed by atoms with Crippen LogP contribution in [0.1, 0.15) is 30.8 Å². The number of nitrogens with two attached hydrogens (primary N) is 1. The maximum absolute atomic E-state index is 5.68. The summed E-state index contributed by atoms with van der Waals surface area (Å²) in [7, 11) is 0. The van der Waals surface area contributed by atoms with Gasteiger partial charge in [-0.25, -0.2) is 4.68 Å². The minimum absolute atomic E-state index is 0.667. The van der Waals surface area contributed by atoms with Crippen LogP contribution in [0.5, 0.6) is 0 Å². The SMILES string of the molecule is CCc1cc(CC)n(-c2ccccc2CCN)n1. The molecule has 18 heavy (non-hydrogen) atoms. The highest BCUT2D eigenvalue weighted by molar-refractivity contribution is 5.42. The van der Waals surface area contributed by atoms with E-state index in [0.717, 1.165) is 25.0 Å². The quantitative estimate of drug-likeness (QED) is 0.877. The van der Waals surface area contributed by atoms with E-state index in [1.54, 1.807) is 0 Å². The average Bonchev–Trinajstić information content (AvgIpc) is 2.83. The lowest BCUT2D eigenvalue weighted by molar-refractivity contribution is 0.780. The molecule has 0 fully saturated rings. The van der Waals surface area contributed by atoms with Crippen LogP contribution in [0.2, 0.25) is 0 Å². The Bertz CT molecular complexity index is 514. The highest BCUT2D eigenvalue weighted by Crippen LogP contribution is 2.18. The van der Waals surface area contributed by atoms with Crippen molar-refractivity contribution in [3.63, 3.8) is 0 Å². The number of benzene rings is 1. The fraction of sp³-hybridized carbons (Fsp3) is 0.400. The molecule has 96 valence electrons. The van der Waals surface area contributed by atoms with Crippen LogP contribution in [0.4, 0.5) is 0 Å². The molecular weight excluding hydrogens is 222 g/mol. The molecule has 2 aromatic rings. The third kappa shape index (κ3) is 2.46. The van der Waals surface area contributed by atoms with E-state index < -0.39 is 0 Å². The standard InChI is InChI=1S/C15H21N3/c1-3-13-11-14(4-2)18(17-13)15-8-6-5-7-12(15)9-10-16/h5-8,11H,3-4,9-10,16H2,1-2H3. The lowest BCUT2D eigenvalue weighted by atomic mass is 10.1. The first-order chi connectivity index (χ1) is 8.80. The Balaban J connectivity index is 2.50. The third-order valence-electron chi connectivity index (χ3n) is 3.19. The molecule has 2 N–H and O–H groups in total. The second kappa shape index (κ2) is 5.83. The van der Waals surface area contributed by atoms with Gasteiger partial charge in [0.05, 0.1) is 11.4 Å². The van der Waals surface area contributed by atoms with Crippen molar-refractivity contribution in [2.24, 2.45) is 5.73 Å². The maximum Gasteiger partial charge on any atom is 0.0681 e. The van der Waals surface area contributed by atoms with E-state index in [-0.39, 0.29) is 0 Å². The van der Waals surface area contributed by atoms with Crippen molar-refractivity contribution in [3.8, 4) is 5.69 Å². The van der Waals surface area contributed by atoms with Gasteiger partial charge in [-0.1, -0.05) is 32.0 Å². The molecule has 2 rings (SSSR count). The summed E-state index contributed by atoms with van der Waals surface area (Å²) in [4.78, 5) is 0. The number of rotatable bonds is 5. The van der Waals surface area contributed by atoms with E-state index >= 15 is 0 Å². The monoisotopic (exact) mass is 243 g/mol. The van der Waals surface area contributed by atoms with E-state index in [4.69, 9.17) is 5.73 Å². The predicted octanol–water partition coefficient (Wildman–Crippen LogP) is 2.50. The summed E-state index contributed by atoms with van der Waals surface area (Å²) in [6, 6.07) is 10.6. The van der Waals surface area contributed by atoms with Gasteiger partial charge in [-0.2, -0.15) is 5.10 Å². The fourth-order valence-electron chi connectivity index (χ4n) is 2.19. The van der Waals surface area contributed by atoms with Crippen LogP contribution in [0.25, 0.3) is 5.69 Å². The maximum atomic E-state index is 5.68. The molecule has 0 spiro atoms. The van der Waals surface area contributed by atoms with Crippen LogP contribution >= 0.6 is 0 Å². The van der Waals surface area contributed by atoms with Crippen LogP contribution in [-0.4, -0.2) is 16.3 Å². The second-order valence-corrected chi connectivity index (χ2v) is 4.41. The molecular formula is C15H21N3. The number of nitrogens with zero attached hydrogens (tertiary/aromatic N) is 2. The summed E-state index contributed by atoms with van der Waals surface area (Å²) in [5.74, 6) is 0. The summed E-state index contributed by atoms with van der Waals surface area (Å²) in [5, 5.41) is 4.69. The Morgan fingerprint density at radius 2 is 1.94 bits per heavy atom. The van der Waals surface area contributed by atoms with E-state index in [1.807, 2.05) is 0 Å². The van der Waals surface area contributed by atoms with E-state index in [9.17, 15) is 0 Å². The van der Waals surface area contributed by atoms with Gasteiger partial charge in [0.1, 0.15) is 0 Å². The molecule has 0 saturated heterocycles. The first-order valence-corrected chi connectivity index (χ1v) is 6.66. The third-order valence-corrected chi connectivity index (χ3v) is 3.19. The summed E-state index contributed by atoms with van der Waals surface area (Å²) >= 11 is 0.